The molecule has 0 radical (unpaired) electrons. The molecule has 0 saturated heterocycles. The van der Waals surface area contributed by atoms with Gasteiger partial charge < -0.3 is 10.6 Å². The summed E-state index contributed by atoms with van der Waals surface area (Å²) in [7, 11) is 3.10. The first kappa shape index (κ1) is 22.4. The van der Waals surface area contributed by atoms with E-state index in [1.807, 2.05) is 90.1 Å². The summed E-state index contributed by atoms with van der Waals surface area (Å²) in [6.45, 7) is 11.3. The van der Waals surface area contributed by atoms with Gasteiger partial charge in [0, 0.05) is 20.6 Å². The summed E-state index contributed by atoms with van der Waals surface area (Å²) in [6.07, 6.45) is 0. The number of rotatable bonds is 5. The van der Waals surface area contributed by atoms with Crippen molar-refractivity contribution in [3.05, 3.63) is 48.5 Å². The van der Waals surface area contributed by atoms with Crippen LogP contribution in [0.5, 0.6) is 0 Å². The summed E-state index contributed by atoms with van der Waals surface area (Å²) in [4.78, 5) is 26.6. The summed E-state index contributed by atoms with van der Waals surface area (Å²) in [5.74, 6) is -0.0493. The summed E-state index contributed by atoms with van der Waals surface area (Å²) >= 11 is 0. The second-order valence-corrected chi connectivity index (χ2v) is 10.8. The van der Waals surface area contributed by atoms with E-state index in [9.17, 15) is 9.59 Å². The lowest BCUT2D eigenvalue weighted by Gasteiger charge is -2.20. The fraction of sp³-hybridized carbons (Fsp3) is 0.364. The van der Waals surface area contributed by atoms with E-state index in [-0.39, 0.29) is 11.8 Å². The molecule has 2 rings (SSSR count). The monoisotopic (exact) mass is 416 g/mol. The van der Waals surface area contributed by atoms with Crippen LogP contribution >= 0.6 is 21.6 Å². The van der Waals surface area contributed by atoms with Gasteiger partial charge in [0.1, 0.15) is 0 Å². The zero-order chi connectivity index (χ0) is 20.9. The normalized spacial score (nSPS) is 11.8. The Labute approximate surface area is 175 Å². The molecule has 150 valence electrons. The zero-order valence-corrected chi connectivity index (χ0v) is 18.9. The van der Waals surface area contributed by atoms with E-state index >= 15 is 0 Å². The Balaban J connectivity index is 2.16. The first-order valence-corrected chi connectivity index (χ1v) is 11.3. The lowest BCUT2D eigenvalue weighted by atomic mass is 9.95. The first-order valence-electron chi connectivity index (χ1n) is 9.14. The highest BCUT2D eigenvalue weighted by Crippen LogP contribution is 2.43. The Hall–Kier alpha value is -1.92. The predicted octanol–water partition coefficient (Wildman–Crippen LogP) is 6.46. The molecule has 0 unspecified atom stereocenters. The molecule has 2 amide bonds. The van der Waals surface area contributed by atoms with E-state index in [1.54, 1.807) is 21.6 Å². The average Bonchev–Trinajstić information content (AvgIpc) is 2.60. The van der Waals surface area contributed by atoms with Crippen LogP contribution in [0.4, 0.5) is 11.4 Å². The third kappa shape index (κ3) is 6.31. The second-order valence-electron chi connectivity index (χ2n) is 8.57. The molecule has 2 aromatic rings. The van der Waals surface area contributed by atoms with E-state index in [4.69, 9.17) is 0 Å². The van der Waals surface area contributed by atoms with Crippen molar-refractivity contribution >= 4 is 44.8 Å². The topological polar surface area (TPSA) is 58.2 Å². The number of anilines is 2. The minimum Gasteiger partial charge on any atom is -0.325 e. The van der Waals surface area contributed by atoms with Gasteiger partial charge in [-0.05, 0) is 24.3 Å². The van der Waals surface area contributed by atoms with Gasteiger partial charge in [0.15, 0.2) is 0 Å². The molecular formula is C22H28N2O2S2. The van der Waals surface area contributed by atoms with Crippen LogP contribution in [0.25, 0.3) is 0 Å². The zero-order valence-electron chi connectivity index (χ0n) is 17.3. The highest BCUT2D eigenvalue weighted by atomic mass is 33.1. The fourth-order valence-corrected chi connectivity index (χ4v) is 4.27. The Morgan fingerprint density at radius 1 is 0.643 bits per heavy atom. The van der Waals surface area contributed by atoms with Gasteiger partial charge in [-0.15, -0.1) is 0 Å². The van der Waals surface area contributed by atoms with Crippen LogP contribution in [-0.2, 0) is 9.59 Å². The fourth-order valence-electron chi connectivity index (χ4n) is 1.99. The van der Waals surface area contributed by atoms with E-state index in [1.165, 1.54) is 0 Å². The van der Waals surface area contributed by atoms with Gasteiger partial charge in [-0.2, -0.15) is 0 Å². The molecule has 28 heavy (non-hydrogen) atoms. The number of hydrogen-bond acceptors (Lipinski definition) is 4. The van der Waals surface area contributed by atoms with Crippen molar-refractivity contribution in [2.45, 2.75) is 51.3 Å². The number of benzene rings is 2. The van der Waals surface area contributed by atoms with Crippen molar-refractivity contribution in [2.75, 3.05) is 10.6 Å². The Kier molecular flexibility index (Phi) is 7.23. The molecule has 0 heterocycles. The SMILES string of the molecule is CC(C)(C)C(=O)Nc1ccccc1SSc1ccccc1NC(=O)C(C)(C)C. The average molecular weight is 417 g/mol. The smallest absolute Gasteiger partial charge is 0.229 e. The highest BCUT2D eigenvalue weighted by molar-refractivity contribution is 8.76. The molecule has 2 N–H and O–H groups in total. The summed E-state index contributed by atoms with van der Waals surface area (Å²) in [5.41, 5.74) is 0.649. The Morgan fingerprint density at radius 2 is 0.964 bits per heavy atom. The maximum absolute atomic E-state index is 12.4. The number of hydrogen-bond donors (Lipinski definition) is 2. The molecule has 6 heteroatoms. The van der Waals surface area contributed by atoms with Gasteiger partial charge in [0.25, 0.3) is 0 Å². The summed E-state index contributed by atoms with van der Waals surface area (Å²) in [6, 6.07) is 15.5. The van der Waals surface area contributed by atoms with Crippen LogP contribution in [0, 0.1) is 10.8 Å². The van der Waals surface area contributed by atoms with Crippen LogP contribution in [0.2, 0.25) is 0 Å². The number of nitrogens with one attached hydrogen (secondary N) is 2. The maximum Gasteiger partial charge on any atom is 0.229 e. The highest BCUT2D eigenvalue weighted by Gasteiger charge is 2.23. The van der Waals surface area contributed by atoms with Crippen molar-refractivity contribution in [3.8, 4) is 0 Å². The largest absolute Gasteiger partial charge is 0.325 e. The summed E-state index contributed by atoms with van der Waals surface area (Å²) in [5, 5.41) is 6.02. The quantitative estimate of drug-likeness (QED) is 0.550. The van der Waals surface area contributed by atoms with Gasteiger partial charge >= 0.3 is 0 Å². The molecule has 0 aliphatic rings. The molecule has 0 spiro atoms. The number of para-hydroxylation sites is 2. The van der Waals surface area contributed by atoms with E-state index in [2.05, 4.69) is 10.6 Å². The van der Waals surface area contributed by atoms with Crippen molar-refractivity contribution in [1.82, 2.24) is 0 Å². The van der Waals surface area contributed by atoms with E-state index in [0.717, 1.165) is 21.2 Å². The van der Waals surface area contributed by atoms with Gasteiger partial charge in [-0.3, -0.25) is 9.59 Å². The van der Waals surface area contributed by atoms with E-state index < -0.39 is 10.8 Å². The molecule has 2 aromatic carbocycles. The molecule has 0 aromatic heterocycles. The molecule has 0 atom stereocenters. The summed E-state index contributed by atoms with van der Waals surface area (Å²) < 4.78 is 0. The Bertz CT molecular complexity index is 781. The van der Waals surface area contributed by atoms with Crippen molar-refractivity contribution in [3.63, 3.8) is 0 Å². The minimum atomic E-state index is -0.464. The second kappa shape index (κ2) is 9.05. The van der Waals surface area contributed by atoms with Crippen LogP contribution in [0.15, 0.2) is 58.3 Å². The van der Waals surface area contributed by atoms with Gasteiger partial charge in [-0.1, -0.05) is 87.4 Å². The van der Waals surface area contributed by atoms with Crippen LogP contribution in [-0.4, -0.2) is 11.8 Å². The third-order valence-corrected chi connectivity index (χ3v) is 6.34. The maximum atomic E-state index is 12.4. The number of carbonyl (C=O) groups excluding carboxylic acids is 2. The lowest BCUT2D eigenvalue weighted by Crippen LogP contribution is -2.27. The molecular weight excluding hydrogens is 388 g/mol. The molecule has 0 saturated carbocycles. The molecule has 0 bridgehead atoms. The van der Waals surface area contributed by atoms with Crippen molar-refractivity contribution < 1.29 is 9.59 Å². The number of amides is 2. The Morgan fingerprint density at radius 3 is 1.29 bits per heavy atom. The standard InChI is InChI=1S/C22H28N2O2S2/c1-21(2,3)19(25)23-15-11-7-9-13-17(15)27-28-18-14-10-8-12-16(18)24-20(26)22(4,5)6/h7-14H,1-6H3,(H,23,25)(H,24,26). The van der Waals surface area contributed by atoms with Gasteiger partial charge in [0.05, 0.1) is 11.4 Å². The molecule has 0 fully saturated rings. The van der Waals surface area contributed by atoms with Crippen LogP contribution in [0.3, 0.4) is 0 Å². The van der Waals surface area contributed by atoms with Crippen molar-refractivity contribution in [1.29, 1.82) is 0 Å². The first-order chi connectivity index (χ1) is 13.0. The third-order valence-electron chi connectivity index (χ3n) is 3.85. The number of carbonyl (C=O) groups is 2. The van der Waals surface area contributed by atoms with Gasteiger partial charge in [0.2, 0.25) is 11.8 Å². The predicted molar refractivity (Wildman–Crippen MR) is 121 cm³/mol. The molecule has 4 nitrogen and oxygen atoms in total. The van der Waals surface area contributed by atoms with E-state index in [0.29, 0.717) is 0 Å². The minimum absolute atomic E-state index is 0.0246. The van der Waals surface area contributed by atoms with Crippen LogP contribution in [0.1, 0.15) is 41.5 Å². The lowest BCUT2D eigenvalue weighted by molar-refractivity contribution is -0.123. The van der Waals surface area contributed by atoms with Crippen molar-refractivity contribution in [2.24, 2.45) is 10.8 Å². The molecule has 0 aliphatic carbocycles. The molecule has 0 aliphatic heterocycles. The van der Waals surface area contributed by atoms with Crippen LogP contribution < -0.4 is 10.6 Å². The van der Waals surface area contributed by atoms with Gasteiger partial charge in [-0.25, -0.2) is 0 Å².